The molecule has 2 saturated heterocycles. The summed E-state index contributed by atoms with van der Waals surface area (Å²) in [6, 6.07) is 1.74. The summed E-state index contributed by atoms with van der Waals surface area (Å²) < 4.78 is 0. The zero-order chi connectivity index (χ0) is 17.8. The molecular formula is C17H24N4O3S. The summed E-state index contributed by atoms with van der Waals surface area (Å²) in [6.07, 6.45) is 4.40. The smallest absolute Gasteiger partial charge is 0.272 e. The molecule has 2 aliphatic heterocycles. The molecule has 1 aromatic rings. The van der Waals surface area contributed by atoms with Crippen LogP contribution in [0.5, 0.6) is 0 Å². The van der Waals surface area contributed by atoms with Crippen LogP contribution in [0.4, 0.5) is 0 Å². The molecule has 25 heavy (non-hydrogen) atoms. The molecule has 7 nitrogen and oxygen atoms in total. The first-order valence-electron chi connectivity index (χ1n) is 8.74. The van der Waals surface area contributed by atoms with Crippen molar-refractivity contribution in [2.24, 2.45) is 0 Å². The Bertz CT molecular complexity index is 634. The predicted molar refractivity (Wildman–Crippen MR) is 94.3 cm³/mol. The maximum absolute atomic E-state index is 12.6. The molecule has 0 saturated carbocycles. The minimum absolute atomic E-state index is 0.127. The third-order valence-corrected chi connectivity index (χ3v) is 5.99. The van der Waals surface area contributed by atoms with Crippen molar-refractivity contribution >= 4 is 23.6 Å². The molecule has 1 N–H and O–H groups in total. The number of aliphatic hydroxyl groups excluding tert-OH is 1. The lowest BCUT2D eigenvalue weighted by Gasteiger charge is -2.31. The van der Waals surface area contributed by atoms with Gasteiger partial charge in [-0.15, -0.1) is 11.8 Å². The molecule has 1 atom stereocenters. The number of thioether (sulfide) groups is 1. The fraction of sp³-hybridized carbons (Fsp3) is 0.647. The first-order chi connectivity index (χ1) is 12.0. The largest absolute Gasteiger partial charge is 0.391 e. The highest BCUT2D eigenvalue weighted by molar-refractivity contribution is 7.99. The maximum atomic E-state index is 12.6. The molecule has 1 unspecified atom stereocenters. The van der Waals surface area contributed by atoms with E-state index >= 15 is 0 Å². The van der Waals surface area contributed by atoms with Crippen LogP contribution in [0.25, 0.3) is 0 Å². The number of carbonyl (C=O) groups excluding carboxylic acids is 2. The lowest BCUT2D eigenvalue weighted by molar-refractivity contribution is -0.129. The second-order valence-corrected chi connectivity index (χ2v) is 7.93. The Morgan fingerprint density at radius 2 is 1.92 bits per heavy atom. The number of amides is 2. The molecular weight excluding hydrogens is 340 g/mol. The summed E-state index contributed by atoms with van der Waals surface area (Å²) in [7, 11) is 0. The van der Waals surface area contributed by atoms with E-state index in [1.807, 2.05) is 4.90 Å². The summed E-state index contributed by atoms with van der Waals surface area (Å²) >= 11 is 1.65. The number of hydrogen-bond donors (Lipinski definition) is 1. The van der Waals surface area contributed by atoms with Crippen molar-refractivity contribution in [3.8, 4) is 0 Å². The van der Waals surface area contributed by atoms with Gasteiger partial charge in [-0.05, 0) is 25.7 Å². The number of aliphatic hydroxyl groups is 1. The highest BCUT2D eigenvalue weighted by atomic mass is 32.2. The number of carbonyl (C=O) groups is 2. The van der Waals surface area contributed by atoms with E-state index in [2.05, 4.69) is 9.97 Å². The minimum atomic E-state index is -0.445. The summed E-state index contributed by atoms with van der Waals surface area (Å²) in [5.74, 6) is -0.0171. The van der Waals surface area contributed by atoms with Crippen LogP contribution in [-0.4, -0.2) is 74.2 Å². The number of nitrogens with zero attached hydrogens (tertiary/aromatic N) is 4. The van der Waals surface area contributed by atoms with Gasteiger partial charge < -0.3 is 14.9 Å². The first kappa shape index (κ1) is 18.1. The van der Waals surface area contributed by atoms with Gasteiger partial charge in [0.2, 0.25) is 5.91 Å². The zero-order valence-corrected chi connectivity index (χ0v) is 15.2. The summed E-state index contributed by atoms with van der Waals surface area (Å²) in [6.45, 7) is 4.18. The van der Waals surface area contributed by atoms with Crippen molar-refractivity contribution in [2.45, 2.75) is 49.0 Å². The average Bonchev–Trinajstić information content (AvgIpc) is 2.62. The second-order valence-electron chi connectivity index (χ2n) is 6.61. The van der Waals surface area contributed by atoms with Crippen molar-refractivity contribution in [1.82, 2.24) is 19.8 Å². The van der Waals surface area contributed by atoms with Crippen LogP contribution in [0.15, 0.2) is 17.4 Å². The molecule has 1 aromatic heterocycles. The normalized spacial score (nSPS) is 22.1. The van der Waals surface area contributed by atoms with E-state index in [1.54, 1.807) is 29.7 Å². The number of β-amino-alcohol motifs (C(OH)–C–C–N with tert-alkyl or cyclic N) is 1. The first-order valence-corrected chi connectivity index (χ1v) is 9.62. The molecule has 136 valence electrons. The fourth-order valence-corrected chi connectivity index (χ4v) is 4.36. The predicted octanol–water partition coefficient (Wildman–Crippen LogP) is 1.18. The van der Waals surface area contributed by atoms with E-state index in [9.17, 15) is 14.7 Å². The molecule has 2 aliphatic rings. The van der Waals surface area contributed by atoms with Crippen LogP contribution >= 0.6 is 11.8 Å². The van der Waals surface area contributed by atoms with E-state index in [0.717, 1.165) is 43.8 Å². The summed E-state index contributed by atoms with van der Waals surface area (Å²) in [4.78, 5) is 35.9. The molecule has 2 fully saturated rings. The Balaban J connectivity index is 1.60. The lowest BCUT2D eigenvalue weighted by Crippen LogP contribution is -2.42. The Hall–Kier alpha value is -1.67. The number of piperidine rings is 2. The van der Waals surface area contributed by atoms with Crippen LogP contribution in [-0.2, 0) is 4.79 Å². The second kappa shape index (κ2) is 8.14. The Morgan fingerprint density at radius 3 is 2.60 bits per heavy atom. The number of hydrogen-bond acceptors (Lipinski definition) is 6. The molecule has 3 heterocycles. The molecule has 3 rings (SSSR count). The highest BCUT2D eigenvalue weighted by Gasteiger charge is 2.25. The maximum Gasteiger partial charge on any atom is 0.272 e. The third kappa shape index (κ3) is 4.70. The van der Waals surface area contributed by atoms with Crippen LogP contribution in [0.2, 0.25) is 0 Å². The van der Waals surface area contributed by atoms with Crippen molar-refractivity contribution in [3.63, 3.8) is 0 Å². The van der Waals surface area contributed by atoms with Gasteiger partial charge in [-0.1, -0.05) is 0 Å². The van der Waals surface area contributed by atoms with Gasteiger partial charge in [-0.3, -0.25) is 9.59 Å². The Morgan fingerprint density at radius 1 is 1.16 bits per heavy atom. The average molecular weight is 364 g/mol. The van der Waals surface area contributed by atoms with Crippen LogP contribution in [0, 0.1) is 0 Å². The molecule has 8 heteroatoms. The van der Waals surface area contributed by atoms with Gasteiger partial charge in [0.25, 0.3) is 5.91 Å². The van der Waals surface area contributed by atoms with E-state index < -0.39 is 6.10 Å². The summed E-state index contributed by atoms with van der Waals surface area (Å²) in [5.41, 5.74) is 0.382. The molecule has 0 aliphatic carbocycles. The quantitative estimate of drug-likeness (QED) is 0.811. The van der Waals surface area contributed by atoms with Gasteiger partial charge in [-0.2, -0.15) is 0 Å². The van der Waals surface area contributed by atoms with E-state index in [1.165, 1.54) is 6.33 Å². The van der Waals surface area contributed by atoms with Crippen LogP contribution < -0.4 is 0 Å². The van der Waals surface area contributed by atoms with Gasteiger partial charge in [0.15, 0.2) is 0 Å². The minimum Gasteiger partial charge on any atom is -0.391 e. The third-order valence-electron chi connectivity index (χ3n) is 4.72. The van der Waals surface area contributed by atoms with Crippen molar-refractivity contribution in [2.75, 3.05) is 26.2 Å². The van der Waals surface area contributed by atoms with Crippen LogP contribution in [0.1, 0.15) is 43.1 Å². The van der Waals surface area contributed by atoms with Gasteiger partial charge in [0.05, 0.1) is 6.10 Å². The van der Waals surface area contributed by atoms with Gasteiger partial charge in [-0.25, -0.2) is 9.97 Å². The summed E-state index contributed by atoms with van der Waals surface area (Å²) in [5, 5.41) is 10.9. The van der Waals surface area contributed by atoms with Gasteiger partial charge >= 0.3 is 0 Å². The molecule has 0 spiro atoms. The standard InChI is InChI=1S/C17H24N4O3S/c1-12(22)20-7-4-14(5-8-20)25-16-9-15(18-11-19-16)17(24)21-6-2-3-13(23)10-21/h9,11,13-14,23H,2-8,10H2,1H3. The topological polar surface area (TPSA) is 86.6 Å². The number of rotatable bonds is 3. The fourth-order valence-electron chi connectivity index (χ4n) is 3.28. The van der Waals surface area contributed by atoms with Crippen molar-refractivity contribution < 1.29 is 14.7 Å². The molecule has 0 aromatic carbocycles. The Labute approximate surface area is 151 Å². The zero-order valence-electron chi connectivity index (χ0n) is 14.4. The monoisotopic (exact) mass is 364 g/mol. The van der Waals surface area contributed by atoms with E-state index in [-0.39, 0.29) is 11.8 Å². The molecule has 0 radical (unpaired) electrons. The molecule has 2 amide bonds. The van der Waals surface area contributed by atoms with Crippen LogP contribution in [0.3, 0.4) is 0 Å². The molecule has 0 bridgehead atoms. The Kier molecular flexibility index (Phi) is 5.90. The van der Waals surface area contributed by atoms with E-state index in [0.29, 0.717) is 24.0 Å². The van der Waals surface area contributed by atoms with Crippen molar-refractivity contribution in [1.29, 1.82) is 0 Å². The van der Waals surface area contributed by atoms with Crippen molar-refractivity contribution in [3.05, 3.63) is 18.1 Å². The van der Waals surface area contributed by atoms with Gasteiger partial charge in [0.1, 0.15) is 17.0 Å². The lowest BCUT2D eigenvalue weighted by atomic mass is 10.1. The number of aromatic nitrogens is 2. The SMILES string of the molecule is CC(=O)N1CCC(Sc2cc(C(=O)N3CCCC(O)C3)ncn2)CC1. The number of likely N-dealkylation sites (tertiary alicyclic amines) is 2. The van der Waals surface area contributed by atoms with E-state index in [4.69, 9.17) is 0 Å². The highest BCUT2D eigenvalue weighted by Crippen LogP contribution is 2.29. The van der Waals surface area contributed by atoms with Gasteiger partial charge in [0, 0.05) is 44.4 Å².